The molecule has 2 fully saturated rings. The Kier molecular flexibility index (Phi) is 4.99. The number of piperidine rings is 1. The molecule has 0 amide bonds. The summed E-state index contributed by atoms with van der Waals surface area (Å²) in [7, 11) is 2.13. The van der Waals surface area contributed by atoms with E-state index in [0.29, 0.717) is 28.8 Å². The van der Waals surface area contributed by atoms with Gasteiger partial charge in [0.25, 0.3) is 5.56 Å². The van der Waals surface area contributed by atoms with E-state index in [2.05, 4.69) is 18.9 Å². The Morgan fingerprint density at radius 3 is 2.70 bits per heavy atom. The minimum atomic E-state index is -0.690. The second-order valence-electron chi connectivity index (χ2n) is 7.72. The summed E-state index contributed by atoms with van der Waals surface area (Å²) in [6, 6.07) is 2.63. The number of nitrogens with zero attached hydrogens (tertiary/aromatic N) is 2. The van der Waals surface area contributed by atoms with Gasteiger partial charge in [-0.15, -0.1) is 11.3 Å². The van der Waals surface area contributed by atoms with Crippen molar-refractivity contribution in [3.8, 4) is 5.75 Å². The third-order valence-corrected chi connectivity index (χ3v) is 7.04. The molecule has 1 N–H and O–H groups in total. The molecule has 0 aliphatic carbocycles. The van der Waals surface area contributed by atoms with Gasteiger partial charge in [0.15, 0.2) is 5.56 Å². The Bertz CT molecular complexity index is 905. The van der Waals surface area contributed by atoms with Crippen molar-refractivity contribution in [1.82, 2.24) is 9.47 Å². The predicted octanol–water partition coefficient (Wildman–Crippen LogP) is 3.35. The van der Waals surface area contributed by atoms with Crippen LogP contribution >= 0.6 is 11.3 Å². The number of unbranched alkanes of at least 4 members (excludes halogenated alkanes) is 1. The maximum Gasteiger partial charge on any atom is 0.347 e. The van der Waals surface area contributed by atoms with Gasteiger partial charge in [0.05, 0.1) is 5.39 Å². The van der Waals surface area contributed by atoms with Gasteiger partial charge in [0, 0.05) is 31.5 Å². The van der Waals surface area contributed by atoms with Gasteiger partial charge >= 0.3 is 5.97 Å². The smallest absolute Gasteiger partial charge is 0.347 e. The number of esters is 1. The van der Waals surface area contributed by atoms with Crippen molar-refractivity contribution < 1.29 is 14.6 Å². The van der Waals surface area contributed by atoms with Crippen molar-refractivity contribution >= 4 is 27.5 Å². The van der Waals surface area contributed by atoms with Crippen LogP contribution in [0, 0.1) is 0 Å². The van der Waals surface area contributed by atoms with E-state index in [-0.39, 0.29) is 17.4 Å². The Labute approximate surface area is 162 Å². The Morgan fingerprint density at radius 2 is 2.04 bits per heavy atom. The number of carbonyl (C=O) groups excluding carboxylic acids is 1. The van der Waals surface area contributed by atoms with Crippen molar-refractivity contribution in [3.63, 3.8) is 0 Å². The molecule has 2 bridgehead atoms. The molecule has 7 heteroatoms. The van der Waals surface area contributed by atoms with E-state index < -0.39 is 11.5 Å². The molecule has 0 spiro atoms. The highest BCUT2D eigenvalue weighted by molar-refractivity contribution is 7.16. The number of rotatable bonds is 5. The lowest BCUT2D eigenvalue weighted by molar-refractivity contribution is -0.000858. The molecule has 2 aliphatic rings. The normalized spacial score (nSPS) is 25.2. The van der Waals surface area contributed by atoms with Gasteiger partial charge in [0.1, 0.15) is 16.7 Å². The maximum absolute atomic E-state index is 13.0. The van der Waals surface area contributed by atoms with Crippen LogP contribution in [0.15, 0.2) is 16.2 Å². The fourth-order valence-electron chi connectivity index (χ4n) is 4.53. The van der Waals surface area contributed by atoms with E-state index in [0.717, 1.165) is 38.5 Å². The van der Waals surface area contributed by atoms with Gasteiger partial charge in [-0.1, -0.05) is 13.3 Å². The summed E-state index contributed by atoms with van der Waals surface area (Å²) >= 11 is 1.40. The van der Waals surface area contributed by atoms with E-state index in [1.807, 2.05) is 5.38 Å². The molecule has 4 rings (SSSR count). The molecule has 0 aromatic carbocycles. The number of aromatic nitrogens is 1. The third-order valence-electron chi connectivity index (χ3n) is 6.11. The molecule has 3 atom stereocenters. The van der Waals surface area contributed by atoms with E-state index in [4.69, 9.17) is 4.74 Å². The van der Waals surface area contributed by atoms with Crippen LogP contribution in [0.5, 0.6) is 5.75 Å². The number of fused-ring (bicyclic) bond motifs is 3. The topological polar surface area (TPSA) is 71.8 Å². The lowest BCUT2D eigenvalue weighted by Crippen LogP contribution is -2.43. The molecule has 1 unspecified atom stereocenters. The molecule has 2 aromatic rings. The second-order valence-corrected chi connectivity index (χ2v) is 8.62. The van der Waals surface area contributed by atoms with Crippen LogP contribution < -0.4 is 5.56 Å². The highest BCUT2D eigenvalue weighted by Gasteiger charge is 2.40. The van der Waals surface area contributed by atoms with Gasteiger partial charge < -0.3 is 14.7 Å². The zero-order chi connectivity index (χ0) is 19.1. The molecule has 0 saturated carbocycles. The average Bonchev–Trinajstić information content (AvgIpc) is 3.18. The average molecular weight is 391 g/mol. The number of hydrogen-bond acceptors (Lipinski definition) is 6. The number of carbonyl (C=O) groups is 1. The van der Waals surface area contributed by atoms with Crippen molar-refractivity contribution in [3.05, 3.63) is 27.4 Å². The highest BCUT2D eigenvalue weighted by Crippen LogP contribution is 2.36. The Morgan fingerprint density at radius 1 is 1.33 bits per heavy atom. The van der Waals surface area contributed by atoms with E-state index in [1.54, 1.807) is 10.6 Å². The van der Waals surface area contributed by atoms with Crippen LogP contribution in [0.1, 0.15) is 55.8 Å². The number of aryl methyl sites for hydroxylation is 1. The third kappa shape index (κ3) is 3.17. The maximum atomic E-state index is 13.0. The molecule has 0 radical (unpaired) electrons. The Hall–Kier alpha value is -1.86. The fraction of sp³-hybridized carbons (Fsp3) is 0.600. The molecule has 2 saturated heterocycles. The summed E-state index contributed by atoms with van der Waals surface area (Å²) in [5, 5.41) is 13.0. The molecule has 146 valence electrons. The van der Waals surface area contributed by atoms with E-state index in [9.17, 15) is 14.7 Å². The highest BCUT2D eigenvalue weighted by atomic mass is 32.1. The number of thiophene rings is 1. The first-order valence-corrected chi connectivity index (χ1v) is 10.6. The SMILES string of the molecule is CCCCn1c(=O)c(C(=O)OC2C[C@H]3CC[C@@H](C2)N3C)c(O)c2ccsc21. The van der Waals surface area contributed by atoms with Gasteiger partial charge in [-0.3, -0.25) is 9.36 Å². The first-order valence-electron chi connectivity index (χ1n) is 9.77. The minimum Gasteiger partial charge on any atom is -0.506 e. The monoisotopic (exact) mass is 390 g/mol. The number of ether oxygens (including phenoxy) is 1. The van der Waals surface area contributed by atoms with Crippen LogP contribution in [-0.2, 0) is 11.3 Å². The minimum absolute atomic E-state index is 0.188. The van der Waals surface area contributed by atoms with Crippen LogP contribution in [0.25, 0.3) is 10.2 Å². The molecule has 4 heterocycles. The number of pyridine rings is 1. The molecule has 27 heavy (non-hydrogen) atoms. The van der Waals surface area contributed by atoms with Gasteiger partial charge in [-0.05, 0) is 37.8 Å². The first-order chi connectivity index (χ1) is 13.0. The van der Waals surface area contributed by atoms with E-state index in [1.165, 1.54) is 11.3 Å². The molecular formula is C20H26N2O4S. The summed E-state index contributed by atoms with van der Waals surface area (Å²) in [5.74, 6) is -0.935. The molecule has 2 aromatic heterocycles. The molecular weight excluding hydrogens is 364 g/mol. The molecule has 2 aliphatic heterocycles. The van der Waals surface area contributed by atoms with Crippen molar-refractivity contribution in [2.24, 2.45) is 0 Å². The predicted molar refractivity (Wildman–Crippen MR) is 106 cm³/mol. The summed E-state index contributed by atoms with van der Waals surface area (Å²) in [4.78, 5) is 28.9. The standard InChI is InChI=1S/C20H26N2O4S/c1-3-4-8-22-18(24)16(17(23)15-7-9-27-19(15)22)20(25)26-14-10-12-5-6-13(11-14)21(12)2/h7,9,12-14,23H,3-6,8,10-11H2,1-2H3/t12-,13+,14?. The van der Waals surface area contributed by atoms with Crippen LogP contribution in [0.2, 0.25) is 0 Å². The zero-order valence-corrected chi connectivity index (χ0v) is 16.6. The van der Waals surface area contributed by atoms with Gasteiger partial charge in [-0.2, -0.15) is 0 Å². The van der Waals surface area contributed by atoms with Crippen molar-refractivity contribution in [2.75, 3.05) is 7.05 Å². The summed E-state index contributed by atoms with van der Waals surface area (Å²) in [6.45, 7) is 2.59. The largest absolute Gasteiger partial charge is 0.506 e. The van der Waals surface area contributed by atoms with Gasteiger partial charge in [0.2, 0.25) is 0 Å². The number of hydrogen-bond donors (Lipinski definition) is 1. The Balaban J connectivity index is 1.64. The second kappa shape index (κ2) is 7.28. The lowest BCUT2D eigenvalue weighted by Gasteiger charge is -2.35. The zero-order valence-electron chi connectivity index (χ0n) is 15.8. The van der Waals surface area contributed by atoms with E-state index >= 15 is 0 Å². The molecule has 6 nitrogen and oxygen atoms in total. The summed E-state index contributed by atoms with van der Waals surface area (Å²) < 4.78 is 7.33. The van der Waals surface area contributed by atoms with Crippen LogP contribution in [-0.4, -0.2) is 45.8 Å². The lowest BCUT2D eigenvalue weighted by atomic mass is 10.0. The first kappa shape index (κ1) is 18.5. The van der Waals surface area contributed by atoms with Crippen LogP contribution in [0.4, 0.5) is 0 Å². The number of aromatic hydroxyl groups is 1. The quantitative estimate of drug-likeness (QED) is 0.793. The van der Waals surface area contributed by atoms with Crippen LogP contribution in [0.3, 0.4) is 0 Å². The fourth-order valence-corrected chi connectivity index (χ4v) is 5.45. The van der Waals surface area contributed by atoms with Crippen molar-refractivity contribution in [2.45, 2.75) is 70.2 Å². The van der Waals surface area contributed by atoms with Crippen molar-refractivity contribution in [1.29, 1.82) is 0 Å². The van der Waals surface area contributed by atoms with Gasteiger partial charge in [-0.25, -0.2) is 4.79 Å². The summed E-state index contributed by atoms with van der Waals surface area (Å²) in [5.41, 5.74) is -0.667. The summed E-state index contributed by atoms with van der Waals surface area (Å²) in [6.07, 6.45) is 5.44.